The first-order valence-corrected chi connectivity index (χ1v) is 7.40. The maximum absolute atomic E-state index is 12.0. The maximum Gasteiger partial charge on any atom is 0.252 e. The Balaban J connectivity index is 2.01. The standard InChI is InChI=1S/C16H16N2OS/c1-11-7-8-20-15(11)10-17-13-9-16(19)18(2)14-6-4-3-5-12(13)14/h3-9,17H,10H2,1-2H3. The second kappa shape index (κ2) is 5.13. The van der Waals surface area contributed by atoms with Crippen LogP contribution in [0.25, 0.3) is 10.9 Å². The number of fused-ring (bicyclic) bond motifs is 1. The lowest BCUT2D eigenvalue weighted by Gasteiger charge is -2.12. The van der Waals surface area contributed by atoms with Crippen LogP contribution >= 0.6 is 11.3 Å². The van der Waals surface area contributed by atoms with Crippen molar-refractivity contribution in [1.29, 1.82) is 0 Å². The number of pyridine rings is 1. The first kappa shape index (κ1) is 12.9. The molecular formula is C16H16N2OS. The number of nitrogens with zero attached hydrogens (tertiary/aromatic N) is 1. The summed E-state index contributed by atoms with van der Waals surface area (Å²) in [4.78, 5) is 13.3. The molecule has 4 heteroatoms. The van der Waals surface area contributed by atoms with Crippen LogP contribution in [0.1, 0.15) is 10.4 Å². The molecule has 2 heterocycles. The lowest BCUT2D eigenvalue weighted by molar-refractivity contribution is 0.905. The van der Waals surface area contributed by atoms with Crippen molar-refractivity contribution in [2.24, 2.45) is 7.05 Å². The fourth-order valence-corrected chi connectivity index (χ4v) is 3.16. The number of thiophene rings is 1. The van der Waals surface area contributed by atoms with Crippen LogP contribution < -0.4 is 10.9 Å². The Bertz CT molecular complexity index is 817. The van der Waals surface area contributed by atoms with Crippen molar-refractivity contribution in [3.8, 4) is 0 Å². The van der Waals surface area contributed by atoms with Crippen molar-refractivity contribution in [2.45, 2.75) is 13.5 Å². The highest BCUT2D eigenvalue weighted by atomic mass is 32.1. The number of aryl methyl sites for hydroxylation is 2. The monoisotopic (exact) mass is 284 g/mol. The van der Waals surface area contributed by atoms with Crippen LogP contribution in [-0.2, 0) is 13.6 Å². The summed E-state index contributed by atoms with van der Waals surface area (Å²) in [7, 11) is 1.80. The molecule has 0 fully saturated rings. The van der Waals surface area contributed by atoms with E-state index >= 15 is 0 Å². The normalized spacial score (nSPS) is 10.9. The van der Waals surface area contributed by atoms with E-state index in [2.05, 4.69) is 23.7 Å². The lowest BCUT2D eigenvalue weighted by atomic mass is 10.1. The van der Waals surface area contributed by atoms with Gasteiger partial charge in [-0.15, -0.1) is 11.3 Å². The second-order valence-corrected chi connectivity index (χ2v) is 5.85. The molecule has 0 aliphatic rings. The zero-order valence-electron chi connectivity index (χ0n) is 11.5. The van der Waals surface area contributed by atoms with Gasteiger partial charge in [0.15, 0.2) is 0 Å². The van der Waals surface area contributed by atoms with E-state index in [-0.39, 0.29) is 5.56 Å². The van der Waals surface area contributed by atoms with Gasteiger partial charge < -0.3 is 9.88 Å². The zero-order valence-corrected chi connectivity index (χ0v) is 12.3. The zero-order chi connectivity index (χ0) is 14.1. The minimum atomic E-state index is 0.00843. The number of nitrogens with one attached hydrogen (secondary N) is 1. The third-order valence-electron chi connectivity index (χ3n) is 3.56. The summed E-state index contributed by atoms with van der Waals surface area (Å²) in [6.45, 7) is 2.86. The van der Waals surface area contributed by atoms with Gasteiger partial charge in [0.1, 0.15) is 0 Å². The van der Waals surface area contributed by atoms with Crippen LogP contribution in [0, 0.1) is 6.92 Å². The summed E-state index contributed by atoms with van der Waals surface area (Å²) in [6.07, 6.45) is 0. The molecule has 3 aromatic rings. The molecule has 0 spiro atoms. The average molecular weight is 284 g/mol. The first-order chi connectivity index (χ1) is 9.66. The largest absolute Gasteiger partial charge is 0.379 e. The summed E-state index contributed by atoms with van der Waals surface area (Å²) >= 11 is 1.74. The summed E-state index contributed by atoms with van der Waals surface area (Å²) in [6, 6.07) is 11.7. The summed E-state index contributed by atoms with van der Waals surface area (Å²) < 4.78 is 1.68. The lowest BCUT2D eigenvalue weighted by Crippen LogP contribution is -2.17. The number of hydrogen-bond acceptors (Lipinski definition) is 3. The van der Waals surface area contributed by atoms with Gasteiger partial charge in [0.25, 0.3) is 5.56 Å². The van der Waals surface area contributed by atoms with E-state index in [4.69, 9.17) is 0 Å². The van der Waals surface area contributed by atoms with Gasteiger partial charge in [0.2, 0.25) is 0 Å². The Morgan fingerprint density at radius 1 is 1.25 bits per heavy atom. The van der Waals surface area contributed by atoms with Crippen molar-refractivity contribution in [3.05, 3.63) is 62.6 Å². The SMILES string of the molecule is Cc1ccsc1CNc1cc(=O)n(C)c2ccccc12. The summed E-state index contributed by atoms with van der Waals surface area (Å²) in [5, 5.41) is 6.56. The van der Waals surface area contributed by atoms with E-state index in [9.17, 15) is 4.79 Å². The minimum absolute atomic E-state index is 0.00843. The van der Waals surface area contributed by atoms with E-state index in [1.54, 1.807) is 29.0 Å². The number of rotatable bonds is 3. The molecule has 1 N–H and O–H groups in total. The number of anilines is 1. The molecule has 1 aromatic carbocycles. The Morgan fingerprint density at radius 2 is 2.05 bits per heavy atom. The fraction of sp³-hybridized carbons (Fsp3) is 0.188. The maximum atomic E-state index is 12.0. The van der Waals surface area contributed by atoms with Gasteiger partial charge in [-0.25, -0.2) is 0 Å². The Morgan fingerprint density at radius 3 is 2.80 bits per heavy atom. The third kappa shape index (κ3) is 2.23. The van der Waals surface area contributed by atoms with Crippen LogP contribution in [0.5, 0.6) is 0 Å². The average Bonchev–Trinajstić information content (AvgIpc) is 2.87. The van der Waals surface area contributed by atoms with Crippen LogP contribution in [-0.4, -0.2) is 4.57 Å². The Labute approximate surface area is 121 Å². The molecule has 0 unspecified atom stereocenters. The van der Waals surface area contributed by atoms with E-state index in [1.165, 1.54) is 10.4 Å². The quantitative estimate of drug-likeness (QED) is 0.798. The van der Waals surface area contributed by atoms with Gasteiger partial charge in [-0.2, -0.15) is 0 Å². The number of hydrogen-bond donors (Lipinski definition) is 1. The van der Waals surface area contributed by atoms with Gasteiger partial charge in [-0.3, -0.25) is 4.79 Å². The van der Waals surface area contributed by atoms with Crippen molar-refractivity contribution in [3.63, 3.8) is 0 Å². The van der Waals surface area contributed by atoms with E-state index in [1.807, 2.05) is 24.3 Å². The fourth-order valence-electron chi connectivity index (χ4n) is 2.32. The van der Waals surface area contributed by atoms with Gasteiger partial charge in [-0.1, -0.05) is 18.2 Å². The predicted octanol–water partition coefficient (Wildman–Crippen LogP) is 3.52. The number of para-hydroxylation sites is 1. The molecule has 0 aliphatic heterocycles. The second-order valence-electron chi connectivity index (χ2n) is 4.85. The van der Waals surface area contributed by atoms with Crippen LogP contribution in [0.15, 0.2) is 46.6 Å². The third-order valence-corrected chi connectivity index (χ3v) is 4.58. The van der Waals surface area contributed by atoms with Crippen LogP contribution in [0.2, 0.25) is 0 Å². The molecule has 0 radical (unpaired) electrons. The van der Waals surface area contributed by atoms with Gasteiger partial charge in [0.05, 0.1) is 5.52 Å². The van der Waals surface area contributed by atoms with E-state index < -0.39 is 0 Å². The molecule has 20 heavy (non-hydrogen) atoms. The molecule has 3 rings (SSSR count). The van der Waals surface area contributed by atoms with E-state index in [0.29, 0.717) is 0 Å². The molecule has 0 bridgehead atoms. The van der Waals surface area contributed by atoms with Crippen molar-refractivity contribution in [1.82, 2.24) is 4.57 Å². The molecular weight excluding hydrogens is 268 g/mol. The van der Waals surface area contributed by atoms with Crippen molar-refractivity contribution >= 4 is 27.9 Å². The van der Waals surface area contributed by atoms with Gasteiger partial charge in [-0.05, 0) is 30.0 Å². The summed E-state index contributed by atoms with van der Waals surface area (Å²) in [5.41, 5.74) is 3.15. The highest BCUT2D eigenvalue weighted by Crippen LogP contribution is 2.23. The van der Waals surface area contributed by atoms with Gasteiger partial charge in [0, 0.05) is 35.6 Å². The molecule has 102 valence electrons. The molecule has 3 nitrogen and oxygen atoms in total. The Hall–Kier alpha value is -2.07. The molecule has 0 saturated heterocycles. The van der Waals surface area contributed by atoms with Crippen molar-refractivity contribution in [2.75, 3.05) is 5.32 Å². The smallest absolute Gasteiger partial charge is 0.252 e. The minimum Gasteiger partial charge on any atom is -0.379 e. The van der Waals surface area contributed by atoms with E-state index in [0.717, 1.165) is 23.1 Å². The van der Waals surface area contributed by atoms with Crippen LogP contribution in [0.4, 0.5) is 5.69 Å². The predicted molar refractivity (Wildman–Crippen MR) is 85.6 cm³/mol. The topological polar surface area (TPSA) is 34.0 Å². The highest BCUT2D eigenvalue weighted by molar-refractivity contribution is 7.10. The molecule has 0 aliphatic carbocycles. The number of aromatic nitrogens is 1. The molecule has 0 amide bonds. The Kier molecular flexibility index (Phi) is 3.32. The molecule has 2 aromatic heterocycles. The van der Waals surface area contributed by atoms with Crippen LogP contribution in [0.3, 0.4) is 0 Å². The van der Waals surface area contributed by atoms with Crippen molar-refractivity contribution < 1.29 is 0 Å². The molecule has 0 saturated carbocycles. The number of benzene rings is 1. The van der Waals surface area contributed by atoms with Gasteiger partial charge >= 0.3 is 0 Å². The highest BCUT2D eigenvalue weighted by Gasteiger charge is 2.06. The molecule has 0 atom stereocenters. The summed E-state index contributed by atoms with van der Waals surface area (Å²) in [5.74, 6) is 0. The first-order valence-electron chi connectivity index (χ1n) is 6.52.